The third-order valence-electron chi connectivity index (χ3n) is 5.89. The molecular weight excluding hydrogens is 370 g/mol. The van der Waals surface area contributed by atoms with Crippen LogP contribution in [0, 0.1) is 0 Å². The van der Waals surface area contributed by atoms with Crippen molar-refractivity contribution in [2.24, 2.45) is 0 Å². The molecule has 0 bridgehead atoms. The molecule has 154 valence electrons. The summed E-state index contributed by atoms with van der Waals surface area (Å²) in [5.41, 5.74) is 0.980. The number of nitrogens with one attached hydrogen (secondary N) is 1. The molecule has 2 amide bonds. The first-order chi connectivity index (χ1) is 13.6. The van der Waals surface area contributed by atoms with E-state index in [0.29, 0.717) is 25.2 Å². The summed E-state index contributed by atoms with van der Waals surface area (Å²) in [6.45, 7) is 7.04. The van der Waals surface area contributed by atoms with Gasteiger partial charge in [0.15, 0.2) is 0 Å². The zero-order chi connectivity index (χ0) is 19.9. The molecule has 1 saturated heterocycles. The molecule has 0 saturated carbocycles. The maximum absolute atomic E-state index is 12.6. The number of thioether (sulfide) groups is 1. The quantitative estimate of drug-likeness (QED) is 0.706. The van der Waals surface area contributed by atoms with Gasteiger partial charge in [0, 0.05) is 55.2 Å². The molecule has 1 aromatic carbocycles. The summed E-state index contributed by atoms with van der Waals surface area (Å²) in [5.74, 6) is 0.925. The Morgan fingerprint density at radius 1 is 1.14 bits per heavy atom. The summed E-state index contributed by atoms with van der Waals surface area (Å²) >= 11 is 1.78. The Bertz CT molecular complexity index is 672. The second kappa shape index (κ2) is 10.3. The molecule has 0 radical (unpaired) electrons. The van der Waals surface area contributed by atoms with Crippen molar-refractivity contribution < 1.29 is 9.59 Å². The van der Waals surface area contributed by atoms with Gasteiger partial charge >= 0.3 is 0 Å². The zero-order valence-corrected chi connectivity index (χ0v) is 18.0. The maximum Gasteiger partial charge on any atom is 0.227 e. The van der Waals surface area contributed by atoms with E-state index in [9.17, 15) is 9.59 Å². The van der Waals surface area contributed by atoms with Crippen LogP contribution in [0.5, 0.6) is 0 Å². The summed E-state index contributed by atoms with van der Waals surface area (Å²) in [5, 5.41) is 2.99. The van der Waals surface area contributed by atoms with Crippen LogP contribution in [0.25, 0.3) is 0 Å². The van der Waals surface area contributed by atoms with Gasteiger partial charge in [-0.15, -0.1) is 11.8 Å². The zero-order valence-electron chi connectivity index (χ0n) is 17.2. The Hall–Kier alpha value is -1.53. The number of likely N-dealkylation sites (tertiary alicyclic amines) is 1. The number of para-hydroxylation sites is 1. The number of rotatable bonds is 7. The van der Waals surface area contributed by atoms with Crippen LogP contribution in [0.3, 0.4) is 0 Å². The number of hydrogen-bond acceptors (Lipinski definition) is 4. The standard InChI is InChI=1S/C22H33N3O2S/c1-17-7-5-8-18(2)24(17)14-6-13-23-21(26)11-12-22(27)25-15-16-28-20-10-4-3-9-19(20)25/h3-4,9-10,17-18H,5-8,11-16H2,1-2H3,(H,23,26). The average molecular weight is 404 g/mol. The van der Waals surface area contributed by atoms with Crippen molar-refractivity contribution in [2.45, 2.75) is 69.4 Å². The third kappa shape index (κ3) is 5.51. The number of piperidine rings is 1. The number of anilines is 1. The van der Waals surface area contributed by atoms with Crippen molar-refractivity contribution in [3.8, 4) is 0 Å². The molecule has 6 heteroatoms. The minimum Gasteiger partial charge on any atom is -0.356 e. The minimum atomic E-state index is -0.0206. The maximum atomic E-state index is 12.6. The van der Waals surface area contributed by atoms with Gasteiger partial charge in [-0.2, -0.15) is 0 Å². The van der Waals surface area contributed by atoms with Gasteiger partial charge in [0.2, 0.25) is 11.8 Å². The molecule has 2 atom stereocenters. The molecule has 0 aromatic heterocycles. The predicted molar refractivity (Wildman–Crippen MR) is 116 cm³/mol. The first kappa shape index (κ1) is 21.2. The van der Waals surface area contributed by atoms with Crippen molar-refractivity contribution >= 4 is 29.3 Å². The van der Waals surface area contributed by atoms with E-state index in [0.717, 1.165) is 29.3 Å². The van der Waals surface area contributed by atoms with Crippen LogP contribution >= 0.6 is 11.8 Å². The Morgan fingerprint density at radius 3 is 2.68 bits per heavy atom. The van der Waals surface area contributed by atoms with Gasteiger partial charge in [-0.25, -0.2) is 0 Å². The summed E-state index contributed by atoms with van der Waals surface area (Å²) in [7, 11) is 0. The van der Waals surface area contributed by atoms with Crippen molar-refractivity contribution in [2.75, 3.05) is 30.3 Å². The third-order valence-corrected chi connectivity index (χ3v) is 6.93. The molecular formula is C22H33N3O2S. The molecule has 1 aromatic rings. The number of fused-ring (bicyclic) bond motifs is 1. The van der Waals surface area contributed by atoms with E-state index in [4.69, 9.17) is 0 Å². The van der Waals surface area contributed by atoms with Crippen LogP contribution in [-0.4, -0.2) is 54.2 Å². The molecule has 2 aliphatic rings. The Kier molecular flexibility index (Phi) is 7.80. The lowest BCUT2D eigenvalue weighted by Crippen LogP contribution is -2.44. The lowest BCUT2D eigenvalue weighted by Gasteiger charge is -2.39. The van der Waals surface area contributed by atoms with Crippen LogP contribution in [0.15, 0.2) is 29.2 Å². The molecule has 2 aliphatic heterocycles. The van der Waals surface area contributed by atoms with Crippen molar-refractivity contribution in [3.05, 3.63) is 24.3 Å². The van der Waals surface area contributed by atoms with Crippen LogP contribution in [0.4, 0.5) is 5.69 Å². The van der Waals surface area contributed by atoms with Gasteiger partial charge in [-0.3, -0.25) is 14.5 Å². The lowest BCUT2D eigenvalue weighted by molar-refractivity contribution is -0.125. The number of amides is 2. The number of hydrogen-bond donors (Lipinski definition) is 1. The molecule has 3 rings (SSSR count). The summed E-state index contributed by atoms with van der Waals surface area (Å²) in [6, 6.07) is 9.28. The molecule has 0 spiro atoms. The van der Waals surface area contributed by atoms with Gasteiger partial charge in [0.1, 0.15) is 0 Å². The molecule has 5 nitrogen and oxygen atoms in total. The van der Waals surface area contributed by atoms with E-state index in [1.165, 1.54) is 19.3 Å². The van der Waals surface area contributed by atoms with Gasteiger partial charge in [-0.05, 0) is 45.2 Å². The van der Waals surface area contributed by atoms with Gasteiger partial charge in [-0.1, -0.05) is 18.6 Å². The SMILES string of the molecule is CC1CCCC(C)N1CCCNC(=O)CCC(=O)N1CCSc2ccccc21. The first-order valence-corrected chi connectivity index (χ1v) is 11.6. The van der Waals surface area contributed by atoms with Crippen molar-refractivity contribution in [1.29, 1.82) is 0 Å². The van der Waals surface area contributed by atoms with E-state index in [1.807, 2.05) is 23.1 Å². The minimum absolute atomic E-state index is 0.0206. The highest BCUT2D eigenvalue weighted by Crippen LogP contribution is 2.34. The first-order valence-electron chi connectivity index (χ1n) is 10.6. The summed E-state index contributed by atoms with van der Waals surface area (Å²) in [6.07, 6.45) is 5.37. The molecule has 1 fully saturated rings. The number of nitrogens with zero attached hydrogens (tertiary/aromatic N) is 2. The normalized spacial score (nSPS) is 22.6. The smallest absolute Gasteiger partial charge is 0.227 e. The molecule has 28 heavy (non-hydrogen) atoms. The van der Waals surface area contributed by atoms with E-state index in [-0.39, 0.29) is 24.7 Å². The molecule has 0 aliphatic carbocycles. The van der Waals surface area contributed by atoms with Crippen molar-refractivity contribution in [3.63, 3.8) is 0 Å². The second-order valence-corrected chi connectivity index (χ2v) is 9.07. The molecule has 1 N–H and O–H groups in total. The van der Waals surface area contributed by atoms with E-state index in [2.05, 4.69) is 30.1 Å². The molecule has 2 heterocycles. The van der Waals surface area contributed by atoms with E-state index >= 15 is 0 Å². The second-order valence-electron chi connectivity index (χ2n) is 7.93. The lowest BCUT2D eigenvalue weighted by atomic mass is 9.97. The van der Waals surface area contributed by atoms with Crippen LogP contribution in [0.2, 0.25) is 0 Å². The predicted octanol–water partition coefficient (Wildman–Crippen LogP) is 3.67. The Labute approximate surface area is 173 Å². The van der Waals surface area contributed by atoms with Gasteiger partial charge < -0.3 is 10.2 Å². The van der Waals surface area contributed by atoms with E-state index < -0.39 is 0 Å². The highest BCUT2D eigenvalue weighted by molar-refractivity contribution is 7.99. The fraction of sp³-hybridized carbons (Fsp3) is 0.636. The summed E-state index contributed by atoms with van der Waals surface area (Å²) in [4.78, 5) is 30.3. The van der Waals surface area contributed by atoms with Crippen molar-refractivity contribution in [1.82, 2.24) is 10.2 Å². The largest absolute Gasteiger partial charge is 0.356 e. The number of carbonyl (C=O) groups excluding carboxylic acids is 2. The van der Waals surface area contributed by atoms with Gasteiger partial charge in [0.25, 0.3) is 0 Å². The Balaban J connectivity index is 1.36. The summed E-state index contributed by atoms with van der Waals surface area (Å²) < 4.78 is 0. The van der Waals surface area contributed by atoms with Crippen LogP contribution < -0.4 is 10.2 Å². The molecule has 2 unspecified atom stereocenters. The Morgan fingerprint density at radius 2 is 1.89 bits per heavy atom. The fourth-order valence-electron chi connectivity index (χ4n) is 4.28. The number of carbonyl (C=O) groups is 2. The average Bonchev–Trinajstić information content (AvgIpc) is 2.70. The van der Waals surface area contributed by atoms with Crippen LogP contribution in [0.1, 0.15) is 52.4 Å². The fourth-order valence-corrected chi connectivity index (χ4v) is 5.27. The highest BCUT2D eigenvalue weighted by Gasteiger charge is 2.24. The number of benzene rings is 1. The van der Waals surface area contributed by atoms with Crippen LogP contribution in [-0.2, 0) is 9.59 Å². The van der Waals surface area contributed by atoms with E-state index in [1.54, 1.807) is 11.8 Å². The monoisotopic (exact) mass is 403 g/mol. The topological polar surface area (TPSA) is 52.7 Å². The highest BCUT2D eigenvalue weighted by atomic mass is 32.2. The van der Waals surface area contributed by atoms with Gasteiger partial charge in [0.05, 0.1) is 5.69 Å².